The number of rotatable bonds is 3. The van der Waals surface area contributed by atoms with Gasteiger partial charge in [0.2, 0.25) is 0 Å². The van der Waals surface area contributed by atoms with E-state index in [0.717, 1.165) is 0 Å². The standard InChI is InChI=1S/C11H9ClFN3O/c12-8-3-9(6-15-5-8)17-11-10(13)7(4-14)1-2-16-11/h1-3,5-6H,4,14H2. The normalized spacial score (nSPS) is 10.3. The molecule has 0 atom stereocenters. The van der Waals surface area contributed by atoms with Crippen LogP contribution < -0.4 is 10.5 Å². The molecule has 88 valence electrons. The molecule has 0 unspecified atom stereocenters. The van der Waals surface area contributed by atoms with Crippen molar-refractivity contribution in [2.75, 3.05) is 0 Å². The van der Waals surface area contributed by atoms with Gasteiger partial charge < -0.3 is 10.5 Å². The Labute approximate surface area is 102 Å². The zero-order valence-electron chi connectivity index (χ0n) is 8.73. The van der Waals surface area contributed by atoms with Gasteiger partial charge in [-0.05, 0) is 6.07 Å². The molecule has 0 saturated heterocycles. The molecule has 4 nitrogen and oxygen atoms in total. The predicted molar refractivity (Wildman–Crippen MR) is 61.4 cm³/mol. The largest absolute Gasteiger partial charge is 0.435 e. The second-order valence-corrected chi connectivity index (χ2v) is 3.67. The second kappa shape index (κ2) is 5.07. The molecule has 0 aliphatic heterocycles. The third-order valence-corrected chi connectivity index (χ3v) is 2.26. The van der Waals surface area contributed by atoms with E-state index in [1.807, 2.05) is 0 Å². The van der Waals surface area contributed by atoms with Gasteiger partial charge in [0.05, 0.1) is 11.2 Å². The van der Waals surface area contributed by atoms with Gasteiger partial charge >= 0.3 is 0 Å². The summed E-state index contributed by atoms with van der Waals surface area (Å²) in [6.07, 6.45) is 4.30. The van der Waals surface area contributed by atoms with Crippen LogP contribution in [0.25, 0.3) is 0 Å². The van der Waals surface area contributed by atoms with Gasteiger partial charge in [0.1, 0.15) is 5.75 Å². The van der Waals surface area contributed by atoms with Gasteiger partial charge in [0.25, 0.3) is 5.88 Å². The number of hydrogen-bond donors (Lipinski definition) is 1. The third-order valence-electron chi connectivity index (χ3n) is 2.05. The summed E-state index contributed by atoms with van der Waals surface area (Å²) >= 11 is 5.73. The maximum Gasteiger partial charge on any atom is 0.256 e. The van der Waals surface area contributed by atoms with E-state index in [1.54, 1.807) is 0 Å². The summed E-state index contributed by atoms with van der Waals surface area (Å²) in [6, 6.07) is 3.02. The van der Waals surface area contributed by atoms with Gasteiger partial charge in [0.15, 0.2) is 5.82 Å². The maximum absolute atomic E-state index is 13.7. The van der Waals surface area contributed by atoms with Crippen LogP contribution in [0.1, 0.15) is 5.56 Å². The molecule has 6 heteroatoms. The van der Waals surface area contributed by atoms with E-state index in [9.17, 15) is 4.39 Å². The van der Waals surface area contributed by atoms with E-state index in [4.69, 9.17) is 22.1 Å². The molecule has 0 aliphatic carbocycles. The minimum atomic E-state index is -0.574. The first-order chi connectivity index (χ1) is 8.20. The van der Waals surface area contributed by atoms with E-state index in [2.05, 4.69) is 9.97 Å². The SMILES string of the molecule is NCc1ccnc(Oc2cncc(Cl)c2)c1F. The third kappa shape index (κ3) is 2.69. The van der Waals surface area contributed by atoms with Crippen molar-refractivity contribution in [3.63, 3.8) is 0 Å². The fourth-order valence-electron chi connectivity index (χ4n) is 1.25. The van der Waals surface area contributed by atoms with Crippen molar-refractivity contribution in [3.8, 4) is 11.6 Å². The Hall–Kier alpha value is -1.72. The smallest absolute Gasteiger partial charge is 0.256 e. The average Bonchev–Trinajstić information content (AvgIpc) is 2.32. The highest BCUT2D eigenvalue weighted by Crippen LogP contribution is 2.24. The summed E-state index contributed by atoms with van der Waals surface area (Å²) in [5.74, 6) is -0.398. The molecule has 0 radical (unpaired) electrons. The van der Waals surface area contributed by atoms with Crippen LogP contribution in [0.3, 0.4) is 0 Å². The lowest BCUT2D eigenvalue weighted by molar-refractivity contribution is 0.417. The van der Waals surface area contributed by atoms with Gasteiger partial charge in [-0.1, -0.05) is 11.6 Å². The molecule has 2 aromatic heterocycles. The molecule has 2 heterocycles. The molecule has 2 N–H and O–H groups in total. The number of hydrogen-bond acceptors (Lipinski definition) is 4. The van der Waals surface area contributed by atoms with Crippen LogP contribution in [0.4, 0.5) is 4.39 Å². The second-order valence-electron chi connectivity index (χ2n) is 3.23. The highest BCUT2D eigenvalue weighted by molar-refractivity contribution is 6.30. The minimum Gasteiger partial charge on any atom is -0.435 e. The molecule has 0 spiro atoms. The van der Waals surface area contributed by atoms with Crippen molar-refractivity contribution in [1.29, 1.82) is 0 Å². The molecule has 0 aromatic carbocycles. The van der Waals surface area contributed by atoms with Crippen molar-refractivity contribution < 1.29 is 9.13 Å². The zero-order valence-corrected chi connectivity index (χ0v) is 9.49. The Kier molecular flexibility index (Phi) is 3.51. The predicted octanol–water partition coefficient (Wildman–Crippen LogP) is 2.52. The van der Waals surface area contributed by atoms with Crippen LogP contribution in [0.5, 0.6) is 11.6 Å². The fraction of sp³-hybridized carbons (Fsp3) is 0.0909. The summed E-state index contributed by atoms with van der Waals surface area (Å²) in [6.45, 7) is 0.0819. The number of aromatic nitrogens is 2. The molecular formula is C11H9ClFN3O. The van der Waals surface area contributed by atoms with Crippen LogP contribution in [0.2, 0.25) is 5.02 Å². The van der Waals surface area contributed by atoms with Crippen LogP contribution in [0.15, 0.2) is 30.7 Å². The number of nitrogens with two attached hydrogens (primary N) is 1. The molecule has 0 fully saturated rings. The summed E-state index contributed by atoms with van der Waals surface area (Å²) in [5, 5.41) is 0.401. The Balaban J connectivity index is 2.30. The van der Waals surface area contributed by atoms with Gasteiger partial charge in [0, 0.05) is 30.6 Å². The van der Waals surface area contributed by atoms with E-state index in [1.165, 1.54) is 30.7 Å². The van der Waals surface area contributed by atoms with Gasteiger partial charge in [-0.3, -0.25) is 4.98 Å². The Morgan fingerprint density at radius 1 is 1.41 bits per heavy atom. The van der Waals surface area contributed by atoms with Gasteiger partial charge in [-0.2, -0.15) is 0 Å². The van der Waals surface area contributed by atoms with E-state index < -0.39 is 5.82 Å². The summed E-state index contributed by atoms with van der Waals surface area (Å²) < 4.78 is 19.0. The maximum atomic E-state index is 13.7. The van der Waals surface area contributed by atoms with E-state index >= 15 is 0 Å². The highest BCUT2D eigenvalue weighted by atomic mass is 35.5. The van der Waals surface area contributed by atoms with Crippen LogP contribution in [-0.4, -0.2) is 9.97 Å². The van der Waals surface area contributed by atoms with Gasteiger partial charge in [-0.25, -0.2) is 9.37 Å². The molecule has 0 saturated carbocycles. The Bertz CT molecular complexity index is 536. The van der Waals surface area contributed by atoms with Crippen LogP contribution in [0, 0.1) is 5.82 Å². The molecule has 17 heavy (non-hydrogen) atoms. The van der Waals surface area contributed by atoms with E-state index in [0.29, 0.717) is 16.3 Å². The lowest BCUT2D eigenvalue weighted by Crippen LogP contribution is -2.02. The summed E-state index contributed by atoms with van der Waals surface area (Å²) in [4.78, 5) is 7.61. The average molecular weight is 254 g/mol. The van der Waals surface area contributed by atoms with Crippen molar-refractivity contribution in [1.82, 2.24) is 9.97 Å². The quantitative estimate of drug-likeness (QED) is 0.913. The van der Waals surface area contributed by atoms with Crippen molar-refractivity contribution in [2.45, 2.75) is 6.54 Å². The number of nitrogens with zero attached hydrogens (tertiary/aromatic N) is 2. The first kappa shape index (κ1) is 11.8. The number of halogens is 2. The van der Waals surface area contributed by atoms with E-state index in [-0.39, 0.29) is 12.4 Å². The lowest BCUT2D eigenvalue weighted by atomic mass is 10.2. The fourth-order valence-corrected chi connectivity index (χ4v) is 1.41. The zero-order chi connectivity index (χ0) is 12.3. The van der Waals surface area contributed by atoms with Crippen molar-refractivity contribution in [3.05, 3.63) is 47.1 Å². The van der Waals surface area contributed by atoms with Crippen LogP contribution in [-0.2, 0) is 6.54 Å². The highest BCUT2D eigenvalue weighted by Gasteiger charge is 2.10. The molecule has 2 aromatic rings. The first-order valence-electron chi connectivity index (χ1n) is 4.82. The monoisotopic (exact) mass is 253 g/mol. The topological polar surface area (TPSA) is 61.0 Å². The summed E-state index contributed by atoms with van der Waals surface area (Å²) in [5.41, 5.74) is 5.72. The Morgan fingerprint density at radius 2 is 2.24 bits per heavy atom. The molecular weight excluding hydrogens is 245 g/mol. The van der Waals surface area contributed by atoms with Crippen molar-refractivity contribution >= 4 is 11.6 Å². The minimum absolute atomic E-state index is 0.0819. The summed E-state index contributed by atoms with van der Waals surface area (Å²) in [7, 11) is 0. The molecule has 0 bridgehead atoms. The lowest BCUT2D eigenvalue weighted by Gasteiger charge is -2.07. The number of ether oxygens (including phenoxy) is 1. The van der Waals surface area contributed by atoms with Crippen molar-refractivity contribution in [2.24, 2.45) is 5.73 Å². The number of pyridine rings is 2. The Morgan fingerprint density at radius 3 is 2.94 bits per heavy atom. The first-order valence-corrected chi connectivity index (χ1v) is 5.20. The van der Waals surface area contributed by atoms with Crippen LogP contribution >= 0.6 is 11.6 Å². The molecule has 0 amide bonds. The molecule has 0 aliphatic rings. The molecule has 2 rings (SSSR count). The van der Waals surface area contributed by atoms with Gasteiger partial charge in [-0.15, -0.1) is 0 Å².